The number of nitrogens with one attached hydrogen (secondary N) is 1. The predicted molar refractivity (Wildman–Crippen MR) is 116 cm³/mol. The van der Waals surface area contributed by atoms with Crippen LogP contribution < -0.4 is 4.90 Å². The number of hydrogen-bond acceptors (Lipinski definition) is 6. The van der Waals surface area contributed by atoms with Crippen LogP contribution in [0.25, 0.3) is 5.69 Å². The first kappa shape index (κ1) is 24.7. The third-order valence-electron chi connectivity index (χ3n) is 5.25. The van der Waals surface area contributed by atoms with Crippen LogP contribution in [0.5, 0.6) is 0 Å². The third kappa shape index (κ3) is 6.11. The zero-order chi connectivity index (χ0) is 24.9. The van der Waals surface area contributed by atoms with Crippen LogP contribution in [-0.2, 0) is 16.0 Å². The zero-order valence-electron chi connectivity index (χ0n) is 18.6. The second-order valence-electron chi connectivity index (χ2n) is 7.63. The van der Waals surface area contributed by atoms with E-state index in [2.05, 4.69) is 25.2 Å². The molecule has 1 aliphatic heterocycles. The molecule has 0 aliphatic carbocycles. The van der Waals surface area contributed by atoms with E-state index in [1.165, 1.54) is 5.56 Å². The highest BCUT2D eigenvalue weighted by atomic mass is 19.4. The van der Waals surface area contributed by atoms with Gasteiger partial charge in [-0.2, -0.15) is 13.2 Å². The molecule has 2 aromatic heterocycles. The van der Waals surface area contributed by atoms with Gasteiger partial charge in [0.05, 0.1) is 23.5 Å². The zero-order valence-corrected chi connectivity index (χ0v) is 18.6. The second kappa shape index (κ2) is 10.4. The van der Waals surface area contributed by atoms with E-state index in [1.54, 1.807) is 10.9 Å². The number of halogens is 3. The Morgan fingerprint density at radius 2 is 1.71 bits per heavy atom. The quantitative estimate of drug-likeness (QED) is 0.588. The molecule has 0 unspecified atom stereocenters. The third-order valence-corrected chi connectivity index (χ3v) is 5.25. The van der Waals surface area contributed by atoms with E-state index < -0.39 is 12.1 Å². The predicted octanol–water partition coefficient (Wildman–Crippen LogP) is 2.13. The lowest BCUT2D eigenvalue weighted by Gasteiger charge is -2.34. The topological polar surface area (TPSA) is 120 Å². The smallest absolute Gasteiger partial charge is 0.475 e. The molecule has 0 bridgehead atoms. The Morgan fingerprint density at radius 1 is 1.09 bits per heavy atom. The monoisotopic (exact) mass is 479 g/mol. The molecule has 2 N–H and O–H groups in total. The van der Waals surface area contributed by atoms with Crippen molar-refractivity contribution in [2.75, 3.05) is 31.1 Å². The first-order chi connectivity index (χ1) is 16.1. The minimum absolute atomic E-state index is 0.0909. The van der Waals surface area contributed by atoms with Crippen molar-refractivity contribution < 1.29 is 27.9 Å². The summed E-state index contributed by atoms with van der Waals surface area (Å²) in [5.74, 6) is -1.81. The number of amides is 1. The first-order valence-corrected chi connectivity index (χ1v) is 10.4. The van der Waals surface area contributed by atoms with Crippen molar-refractivity contribution in [2.24, 2.45) is 0 Å². The van der Waals surface area contributed by atoms with Crippen LogP contribution in [0, 0.1) is 13.8 Å². The molecular weight excluding hydrogens is 455 g/mol. The molecule has 0 spiro atoms. The fraction of sp³-hybridized carbons (Fsp3) is 0.381. The largest absolute Gasteiger partial charge is 0.490 e. The molecule has 3 aromatic rings. The number of carbonyl (C=O) groups excluding carboxylic acids is 1. The maximum absolute atomic E-state index is 12.7. The average molecular weight is 479 g/mol. The summed E-state index contributed by atoms with van der Waals surface area (Å²) in [7, 11) is 0. The minimum Gasteiger partial charge on any atom is -0.475 e. The number of carboxylic acids is 1. The Balaban J connectivity index is 0.000000406. The number of nitrogens with zero attached hydrogens (tertiary/aromatic N) is 6. The number of alkyl halides is 3. The molecule has 3 heterocycles. The van der Waals surface area contributed by atoms with Crippen LogP contribution in [0.3, 0.4) is 0 Å². The van der Waals surface area contributed by atoms with Crippen LogP contribution in [0.4, 0.5) is 19.1 Å². The molecule has 1 aromatic carbocycles. The van der Waals surface area contributed by atoms with Crippen molar-refractivity contribution >= 4 is 17.8 Å². The fourth-order valence-corrected chi connectivity index (χ4v) is 3.31. The van der Waals surface area contributed by atoms with Crippen LogP contribution in [-0.4, -0.2) is 79.2 Å². The molecule has 34 heavy (non-hydrogen) atoms. The number of benzene rings is 1. The number of carboxylic acid groups (broad SMARTS) is 1. The van der Waals surface area contributed by atoms with E-state index in [1.807, 2.05) is 49.2 Å². The van der Waals surface area contributed by atoms with E-state index in [0.29, 0.717) is 13.1 Å². The number of hydrogen-bond donors (Lipinski definition) is 2. The molecular formula is C21H24F3N7O3. The van der Waals surface area contributed by atoms with Gasteiger partial charge < -0.3 is 19.9 Å². The van der Waals surface area contributed by atoms with Gasteiger partial charge in [0.2, 0.25) is 11.9 Å². The summed E-state index contributed by atoms with van der Waals surface area (Å²) >= 11 is 0. The number of rotatable bonds is 4. The SMILES string of the molecule is Cc1ccc(-n2nnc(CC(=O)N3CCN(c4ncc[nH]4)CC3)c2C)cc1.O=C(O)C(F)(F)F. The van der Waals surface area contributed by atoms with Gasteiger partial charge in [0.15, 0.2) is 0 Å². The van der Waals surface area contributed by atoms with Crippen molar-refractivity contribution in [3.05, 3.63) is 53.6 Å². The fourth-order valence-electron chi connectivity index (χ4n) is 3.31. The van der Waals surface area contributed by atoms with Crippen molar-refractivity contribution in [3.8, 4) is 5.69 Å². The lowest BCUT2D eigenvalue weighted by atomic mass is 10.2. The van der Waals surface area contributed by atoms with Crippen molar-refractivity contribution in [1.29, 1.82) is 0 Å². The van der Waals surface area contributed by atoms with Gasteiger partial charge >= 0.3 is 12.1 Å². The maximum Gasteiger partial charge on any atom is 0.490 e. The van der Waals surface area contributed by atoms with Crippen LogP contribution in [0.15, 0.2) is 36.7 Å². The number of piperazine rings is 1. The van der Waals surface area contributed by atoms with Crippen LogP contribution in [0.1, 0.15) is 17.0 Å². The van der Waals surface area contributed by atoms with Gasteiger partial charge in [-0.05, 0) is 26.0 Å². The van der Waals surface area contributed by atoms with Gasteiger partial charge in [0.1, 0.15) is 0 Å². The van der Waals surface area contributed by atoms with E-state index in [-0.39, 0.29) is 12.3 Å². The molecule has 13 heteroatoms. The highest BCUT2D eigenvalue weighted by molar-refractivity contribution is 5.79. The Bertz CT molecular complexity index is 1100. The number of aromatic amines is 1. The Hall–Kier alpha value is -3.90. The summed E-state index contributed by atoms with van der Waals surface area (Å²) in [4.78, 5) is 33.0. The summed E-state index contributed by atoms with van der Waals surface area (Å²) in [5.41, 5.74) is 3.78. The summed E-state index contributed by atoms with van der Waals surface area (Å²) in [6.45, 7) is 6.92. The Kier molecular flexibility index (Phi) is 7.54. The van der Waals surface area contributed by atoms with E-state index in [9.17, 15) is 18.0 Å². The molecule has 4 rings (SSSR count). The normalized spacial score (nSPS) is 13.9. The van der Waals surface area contributed by atoms with Crippen LogP contribution in [0.2, 0.25) is 0 Å². The first-order valence-electron chi connectivity index (χ1n) is 10.4. The van der Waals surface area contributed by atoms with E-state index in [4.69, 9.17) is 9.90 Å². The lowest BCUT2D eigenvalue weighted by molar-refractivity contribution is -0.192. The van der Waals surface area contributed by atoms with E-state index >= 15 is 0 Å². The molecule has 1 aliphatic rings. The molecule has 1 fully saturated rings. The highest BCUT2D eigenvalue weighted by Crippen LogP contribution is 2.16. The van der Waals surface area contributed by atoms with Gasteiger partial charge in [-0.15, -0.1) is 5.10 Å². The number of anilines is 1. The summed E-state index contributed by atoms with van der Waals surface area (Å²) in [5, 5.41) is 15.6. The summed E-state index contributed by atoms with van der Waals surface area (Å²) < 4.78 is 33.5. The minimum atomic E-state index is -5.08. The molecule has 0 atom stereocenters. The van der Waals surface area contributed by atoms with Crippen LogP contribution >= 0.6 is 0 Å². The van der Waals surface area contributed by atoms with Gasteiger partial charge in [0.25, 0.3) is 0 Å². The number of aliphatic carboxylic acids is 1. The summed E-state index contributed by atoms with van der Waals surface area (Å²) in [6, 6.07) is 8.10. The van der Waals surface area contributed by atoms with Crippen molar-refractivity contribution in [3.63, 3.8) is 0 Å². The van der Waals surface area contributed by atoms with Gasteiger partial charge in [-0.25, -0.2) is 14.5 Å². The molecule has 0 radical (unpaired) electrons. The van der Waals surface area contributed by atoms with Crippen molar-refractivity contribution in [1.82, 2.24) is 29.9 Å². The molecule has 1 saturated heterocycles. The molecule has 1 amide bonds. The summed E-state index contributed by atoms with van der Waals surface area (Å²) in [6.07, 6.45) is -1.25. The molecule has 0 saturated carbocycles. The highest BCUT2D eigenvalue weighted by Gasteiger charge is 2.38. The number of aromatic nitrogens is 5. The number of aryl methyl sites for hydroxylation is 1. The molecule has 10 nitrogen and oxygen atoms in total. The van der Waals surface area contributed by atoms with Crippen molar-refractivity contribution in [2.45, 2.75) is 26.4 Å². The lowest BCUT2D eigenvalue weighted by Crippen LogP contribution is -2.49. The average Bonchev–Trinajstić information content (AvgIpc) is 3.45. The van der Waals surface area contributed by atoms with Gasteiger partial charge in [0, 0.05) is 38.6 Å². The molecule has 182 valence electrons. The van der Waals surface area contributed by atoms with Gasteiger partial charge in [-0.1, -0.05) is 22.9 Å². The second-order valence-corrected chi connectivity index (χ2v) is 7.63. The Labute approximate surface area is 193 Å². The van der Waals surface area contributed by atoms with E-state index in [0.717, 1.165) is 36.1 Å². The number of imidazole rings is 1. The van der Waals surface area contributed by atoms with Gasteiger partial charge in [-0.3, -0.25) is 4.79 Å². The number of H-pyrrole nitrogens is 1. The number of carbonyl (C=O) groups is 2. The Morgan fingerprint density at radius 3 is 2.24 bits per heavy atom. The standard InChI is InChI=1S/C19H23N7O.C2HF3O2/c1-14-3-5-16(6-4-14)26-15(2)17(22-23-26)13-18(27)24-9-11-25(12-10-24)19-20-7-8-21-19;3-2(4,5)1(6)7/h3-8H,9-13H2,1-2H3,(H,20,21);(H,6,7). The maximum atomic E-state index is 12.7.